The maximum Gasteiger partial charge on any atom is 0.301 e. The highest BCUT2D eigenvalue weighted by Crippen LogP contribution is 2.32. The molecule has 0 unspecified atom stereocenters. The lowest BCUT2D eigenvalue weighted by Gasteiger charge is -2.13. The van der Waals surface area contributed by atoms with E-state index >= 15 is 0 Å². The fourth-order valence-corrected chi connectivity index (χ4v) is 3.50. The van der Waals surface area contributed by atoms with Gasteiger partial charge in [-0.2, -0.15) is 5.10 Å². The molecule has 1 aromatic carbocycles. The Balaban J connectivity index is 1.85. The maximum atomic E-state index is 12.5. The summed E-state index contributed by atoms with van der Waals surface area (Å²) in [6.07, 6.45) is 2.63. The molecule has 32 heavy (non-hydrogen) atoms. The van der Waals surface area contributed by atoms with Crippen molar-refractivity contribution in [3.63, 3.8) is 0 Å². The Hall–Kier alpha value is -3.80. The van der Waals surface area contributed by atoms with Gasteiger partial charge in [0.1, 0.15) is 11.4 Å². The summed E-state index contributed by atoms with van der Waals surface area (Å²) < 4.78 is 10.8. The second-order valence-corrected chi connectivity index (χ2v) is 7.20. The number of benzene rings is 1. The van der Waals surface area contributed by atoms with Crippen molar-refractivity contribution in [3.8, 4) is 0 Å². The van der Waals surface area contributed by atoms with Gasteiger partial charge in [-0.1, -0.05) is 0 Å². The number of rotatable bonds is 9. The zero-order valence-electron chi connectivity index (χ0n) is 17.7. The van der Waals surface area contributed by atoms with Crippen LogP contribution in [0.4, 0.5) is 17.1 Å². The molecule has 0 saturated heterocycles. The van der Waals surface area contributed by atoms with Crippen LogP contribution in [0.2, 0.25) is 0 Å². The molecule has 170 valence electrons. The first kappa shape index (κ1) is 22.9. The summed E-state index contributed by atoms with van der Waals surface area (Å²) in [7, 11) is 1.59. The molecule has 0 bridgehead atoms. The summed E-state index contributed by atoms with van der Waals surface area (Å²) in [6, 6.07) is 3.28. The zero-order valence-corrected chi connectivity index (χ0v) is 17.7. The van der Waals surface area contributed by atoms with Crippen LogP contribution in [0.5, 0.6) is 0 Å². The number of non-ortho nitro benzene ring substituents is 1. The van der Waals surface area contributed by atoms with E-state index in [-0.39, 0.29) is 23.0 Å². The number of hydrazone groups is 1. The molecule has 12 nitrogen and oxygen atoms in total. The summed E-state index contributed by atoms with van der Waals surface area (Å²) in [5, 5.41) is 29.4. The molecular weight excluding hydrogens is 422 g/mol. The average molecular weight is 445 g/mol. The molecule has 1 aliphatic rings. The molecule has 0 atom stereocenters. The topological polar surface area (TPSA) is 162 Å². The van der Waals surface area contributed by atoms with Gasteiger partial charge in [0.15, 0.2) is 5.76 Å². The first-order chi connectivity index (χ1) is 15.3. The van der Waals surface area contributed by atoms with E-state index in [1.807, 2.05) is 0 Å². The Labute approximate surface area is 182 Å². The fourth-order valence-electron chi connectivity index (χ4n) is 3.50. The lowest BCUT2D eigenvalue weighted by atomic mass is 9.93. The molecule has 3 rings (SSSR count). The first-order valence-electron chi connectivity index (χ1n) is 9.98. The van der Waals surface area contributed by atoms with Gasteiger partial charge in [0.25, 0.3) is 11.6 Å². The van der Waals surface area contributed by atoms with Crippen molar-refractivity contribution in [3.05, 3.63) is 61.1 Å². The number of fused-ring (bicyclic) bond motifs is 1. The van der Waals surface area contributed by atoms with Crippen molar-refractivity contribution >= 4 is 28.7 Å². The summed E-state index contributed by atoms with van der Waals surface area (Å²) in [5.74, 6) is 0.518. The first-order valence-corrected chi connectivity index (χ1v) is 9.98. The van der Waals surface area contributed by atoms with Gasteiger partial charge in [-0.3, -0.25) is 30.4 Å². The number of nitrogens with one attached hydrogen (secondary N) is 2. The van der Waals surface area contributed by atoms with E-state index < -0.39 is 15.5 Å². The van der Waals surface area contributed by atoms with Crippen LogP contribution in [0.1, 0.15) is 46.7 Å². The Kier molecular flexibility index (Phi) is 7.15. The highest BCUT2D eigenvalue weighted by atomic mass is 16.6. The van der Waals surface area contributed by atoms with Crippen LogP contribution >= 0.6 is 0 Å². The Morgan fingerprint density at radius 2 is 2.03 bits per heavy atom. The molecule has 0 radical (unpaired) electrons. The molecule has 2 N–H and O–H groups in total. The number of nitro groups is 2. The van der Waals surface area contributed by atoms with Crippen LogP contribution in [0.25, 0.3) is 0 Å². The van der Waals surface area contributed by atoms with Gasteiger partial charge in [0.05, 0.1) is 21.6 Å². The molecule has 0 spiro atoms. The number of furan rings is 1. The number of amides is 1. The van der Waals surface area contributed by atoms with Crippen LogP contribution in [-0.4, -0.2) is 41.7 Å². The molecule has 2 aromatic rings. The third-order valence-electron chi connectivity index (χ3n) is 5.04. The molecule has 12 heteroatoms. The molecular formula is C20H23N5O7. The van der Waals surface area contributed by atoms with Crippen LogP contribution in [0.3, 0.4) is 0 Å². The number of hydrogen-bond acceptors (Lipinski definition) is 9. The van der Waals surface area contributed by atoms with Crippen molar-refractivity contribution in [1.29, 1.82) is 0 Å². The van der Waals surface area contributed by atoms with Gasteiger partial charge in [-0.25, -0.2) is 0 Å². The molecule has 0 fully saturated rings. The minimum atomic E-state index is -0.711. The lowest BCUT2D eigenvalue weighted by molar-refractivity contribution is -0.393. The SMILES string of the molecule is COCCCNC(=O)c1oc2c(c1C)/C(=N/Nc1ccc([N+](=O)[O-])cc1[N+](=O)[O-])CCC2. The minimum absolute atomic E-state index is 0.0254. The second-order valence-electron chi connectivity index (χ2n) is 7.20. The maximum absolute atomic E-state index is 12.5. The third-order valence-corrected chi connectivity index (χ3v) is 5.04. The molecule has 1 amide bonds. The van der Waals surface area contributed by atoms with Gasteiger partial charge in [-0.15, -0.1) is 0 Å². The quantitative estimate of drug-likeness (QED) is 0.337. The second kappa shape index (κ2) is 10.0. The molecule has 0 aliphatic heterocycles. The number of aryl methyl sites for hydroxylation is 1. The van der Waals surface area contributed by atoms with Crippen molar-refractivity contribution < 1.29 is 23.8 Å². The fraction of sp³-hybridized carbons (Fsp3) is 0.400. The van der Waals surface area contributed by atoms with Gasteiger partial charge in [0.2, 0.25) is 0 Å². The number of anilines is 1. The van der Waals surface area contributed by atoms with E-state index in [2.05, 4.69) is 15.8 Å². The monoisotopic (exact) mass is 445 g/mol. The van der Waals surface area contributed by atoms with Gasteiger partial charge < -0.3 is 14.5 Å². The third kappa shape index (κ3) is 4.91. The van der Waals surface area contributed by atoms with Gasteiger partial charge in [-0.05, 0) is 32.3 Å². The summed E-state index contributed by atoms with van der Waals surface area (Å²) in [6.45, 7) is 2.75. The number of hydrogen-bond donors (Lipinski definition) is 2. The van der Waals surface area contributed by atoms with Crippen LogP contribution in [0.15, 0.2) is 27.7 Å². The molecule has 1 heterocycles. The van der Waals surface area contributed by atoms with E-state index in [9.17, 15) is 25.0 Å². The standard InChI is InChI=1S/C20H23N5O7/c1-12-18-15(23-22-14-8-7-13(24(27)28)11-16(14)25(29)30)5-3-6-17(18)32-19(12)20(26)21-9-4-10-31-2/h7-8,11,22H,3-6,9-10H2,1-2H3,(H,21,26)/b23-15+. The smallest absolute Gasteiger partial charge is 0.301 e. The van der Waals surface area contributed by atoms with E-state index in [0.29, 0.717) is 55.0 Å². The van der Waals surface area contributed by atoms with Crippen molar-refractivity contribution in [2.24, 2.45) is 5.10 Å². The summed E-state index contributed by atoms with van der Waals surface area (Å²) in [5.41, 5.74) is 3.77. The van der Waals surface area contributed by atoms with Gasteiger partial charge in [0, 0.05) is 43.9 Å². The summed E-state index contributed by atoms with van der Waals surface area (Å²) >= 11 is 0. The summed E-state index contributed by atoms with van der Waals surface area (Å²) in [4.78, 5) is 33.3. The van der Waals surface area contributed by atoms with Crippen molar-refractivity contribution in [1.82, 2.24) is 5.32 Å². The number of carbonyl (C=O) groups is 1. The number of ether oxygens (including phenoxy) is 1. The van der Waals surface area contributed by atoms with Crippen molar-refractivity contribution in [2.75, 3.05) is 25.7 Å². The van der Waals surface area contributed by atoms with E-state index in [1.165, 1.54) is 6.07 Å². The Bertz CT molecular complexity index is 1080. The highest BCUT2D eigenvalue weighted by molar-refractivity contribution is 6.06. The van der Waals surface area contributed by atoms with Crippen LogP contribution in [-0.2, 0) is 11.2 Å². The minimum Gasteiger partial charge on any atom is -0.455 e. The Morgan fingerprint density at radius 1 is 1.25 bits per heavy atom. The van der Waals surface area contributed by atoms with Crippen LogP contribution < -0.4 is 10.7 Å². The van der Waals surface area contributed by atoms with Crippen molar-refractivity contribution in [2.45, 2.75) is 32.6 Å². The zero-order chi connectivity index (χ0) is 23.3. The average Bonchev–Trinajstić information content (AvgIpc) is 3.12. The van der Waals surface area contributed by atoms with Gasteiger partial charge >= 0.3 is 5.69 Å². The van der Waals surface area contributed by atoms with E-state index in [0.717, 1.165) is 18.6 Å². The normalized spacial score (nSPS) is 14.1. The largest absolute Gasteiger partial charge is 0.455 e. The number of methoxy groups -OCH3 is 1. The van der Waals surface area contributed by atoms with Crippen LogP contribution in [0, 0.1) is 27.2 Å². The molecule has 1 aromatic heterocycles. The lowest BCUT2D eigenvalue weighted by Crippen LogP contribution is -2.25. The predicted octanol–water partition coefficient (Wildman–Crippen LogP) is 3.32. The molecule has 1 aliphatic carbocycles. The predicted molar refractivity (Wildman–Crippen MR) is 115 cm³/mol. The van der Waals surface area contributed by atoms with E-state index in [4.69, 9.17) is 9.15 Å². The van der Waals surface area contributed by atoms with E-state index in [1.54, 1.807) is 14.0 Å². The Morgan fingerprint density at radius 3 is 2.72 bits per heavy atom. The number of nitro benzene ring substituents is 2. The number of nitrogens with zero attached hydrogens (tertiary/aromatic N) is 3. The number of carbonyl (C=O) groups excluding carboxylic acids is 1. The highest BCUT2D eigenvalue weighted by Gasteiger charge is 2.28. The molecule has 0 saturated carbocycles.